The molecule has 0 aliphatic heterocycles. The van der Waals surface area contributed by atoms with Crippen LogP contribution in [-0.2, 0) is 11.3 Å². The molecule has 2 aromatic heterocycles. The minimum Gasteiger partial charge on any atom is -0.480 e. The van der Waals surface area contributed by atoms with E-state index >= 15 is 0 Å². The van der Waals surface area contributed by atoms with Gasteiger partial charge in [0.05, 0.1) is 13.2 Å². The van der Waals surface area contributed by atoms with E-state index in [1.54, 1.807) is 30.3 Å². The van der Waals surface area contributed by atoms with E-state index in [-0.39, 0.29) is 12.5 Å². The second-order valence-corrected chi connectivity index (χ2v) is 5.69. The fraction of sp³-hybridized carbons (Fsp3) is 0.500. The van der Waals surface area contributed by atoms with Crippen molar-refractivity contribution < 1.29 is 19.2 Å². The monoisotopic (exact) mass is 334 g/mol. The normalized spacial score (nSPS) is 12.6. The van der Waals surface area contributed by atoms with Gasteiger partial charge in [0.2, 0.25) is 11.8 Å². The molecule has 0 saturated carbocycles. The van der Waals surface area contributed by atoms with E-state index in [9.17, 15) is 9.90 Å². The summed E-state index contributed by atoms with van der Waals surface area (Å²) in [6.07, 6.45) is 1.57. The molecule has 2 heterocycles. The van der Waals surface area contributed by atoms with Gasteiger partial charge in [0, 0.05) is 17.7 Å². The maximum absolute atomic E-state index is 11.8. The Balaban J connectivity index is 2.25. The van der Waals surface area contributed by atoms with Crippen molar-refractivity contribution in [2.45, 2.75) is 39.3 Å². The molecule has 0 saturated heterocycles. The van der Waals surface area contributed by atoms with Crippen molar-refractivity contribution in [1.29, 1.82) is 0 Å². The Labute approximate surface area is 140 Å². The summed E-state index contributed by atoms with van der Waals surface area (Å²) in [5.74, 6) is 0.421. The number of nitrogens with zero attached hydrogens (tertiary/aromatic N) is 4. The van der Waals surface area contributed by atoms with Crippen LogP contribution < -0.4 is 4.74 Å². The quantitative estimate of drug-likeness (QED) is 0.784. The Morgan fingerprint density at radius 1 is 1.46 bits per heavy atom. The van der Waals surface area contributed by atoms with Gasteiger partial charge in [0.25, 0.3) is 0 Å². The fourth-order valence-electron chi connectivity index (χ4n) is 2.30. The summed E-state index contributed by atoms with van der Waals surface area (Å²) in [5, 5.41) is 13.6. The summed E-state index contributed by atoms with van der Waals surface area (Å²) in [4.78, 5) is 21.8. The number of pyridine rings is 1. The molecule has 0 aliphatic carbocycles. The Kier molecular flexibility index (Phi) is 5.86. The predicted molar refractivity (Wildman–Crippen MR) is 85.6 cm³/mol. The first-order chi connectivity index (χ1) is 11.4. The van der Waals surface area contributed by atoms with Crippen LogP contribution in [0.25, 0.3) is 0 Å². The molecule has 2 aromatic rings. The molecule has 0 spiro atoms. The molecule has 1 N–H and O–H groups in total. The molecule has 2 rings (SSSR count). The zero-order chi connectivity index (χ0) is 17.7. The molecule has 8 heteroatoms. The molecule has 0 aliphatic rings. The lowest BCUT2D eigenvalue weighted by atomic mass is 10.1. The molecular formula is C16H22N4O4. The van der Waals surface area contributed by atoms with E-state index in [0.29, 0.717) is 29.8 Å². The summed E-state index contributed by atoms with van der Waals surface area (Å²) in [6, 6.07) is 2.45. The van der Waals surface area contributed by atoms with Gasteiger partial charge in [-0.2, -0.15) is 4.98 Å². The van der Waals surface area contributed by atoms with Crippen LogP contribution in [0.15, 0.2) is 22.9 Å². The highest BCUT2D eigenvalue weighted by Crippen LogP contribution is 2.28. The number of rotatable bonds is 8. The van der Waals surface area contributed by atoms with Crippen LogP contribution in [0.2, 0.25) is 0 Å². The molecule has 0 radical (unpaired) electrons. The summed E-state index contributed by atoms with van der Waals surface area (Å²) >= 11 is 0. The van der Waals surface area contributed by atoms with E-state index in [2.05, 4.69) is 15.1 Å². The molecule has 0 bridgehead atoms. The van der Waals surface area contributed by atoms with Crippen molar-refractivity contribution >= 4 is 5.97 Å². The summed E-state index contributed by atoms with van der Waals surface area (Å²) in [5.41, 5.74) is 0.484. The molecule has 0 aromatic carbocycles. The Bertz CT molecular complexity index is 686. The molecule has 8 nitrogen and oxygen atoms in total. The number of hydrogen-bond donors (Lipinski definition) is 1. The molecule has 1 atom stereocenters. The molecular weight excluding hydrogens is 312 g/mol. The third-order valence-electron chi connectivity index (χ3n) is 3.44. The standard InChI is InChI=1S/C16H22N4O4/c1-5-23-15-11(7-6-8-17-15)13(16(21)22)20(4)9-12-18-14(10(2)3)19-24-12/h6-8,10,13H,5,9H2,1-4H3,(H,21,22)/t13-/m1/s1. The van der Waals surface area contributed by atoms with Crippen molar-refractivity contribution in [2.75, 3.05) is 13.7 Å². The zero-order valence-electron chi connectivity index (χ0n) is 14.3. The number of hydrogen-bond acceptors (Lipinski definition) is 7. The first kappa shape index (κ1) is 17.9. The zero-order valence-corrected chi connectivity index (χ0v) is 14.3. The number of aliphatic carboxylic acids is 1. The number of carbonyl (C=O) groups is 1. The van der Waals surface area contributed by atoms with Crippen LogP contribution >= 0.6 is 0 Å². The molecule has 0 amide bonds. The number of carboxylic acids is 1. The van der Waals surface area contributed by atoms with E-state index in [1.165, 1.54) is 0 Å². The molecule has 0 fully saturated rings. The van der Waals surface area contributed by atoms with E-state index in [1.807, 2.05) is 20.8 Å². The minimum atomic E-state index is -1.00. The van der Waals surface area contributed by atoms with Gasteiger partial charge in [-0.1, -0.05) is 19.0 Å². The van der Waals surface area contributed by atoms with Crippen molar-refractivity contribution in [2.24, 2.45) is 0 Å². The van der Waals surface area contributed by atoms with Crippen LogP contribution in [0.5, 0.6) is 5.88 Å². The van der Waals surface area contributed by atoms with Crippen LogP contribution in [0.3, 0.4) is 0 Å². The second-order valence-electron chi connectivity index (χ2n) is 5.69. The van der Waals surface area contributed by atoms with E-state index in [0.717, 1.165) is 0 Å². The van der Waals surface area contributed by atoms with E-state index < -0.39 is 12.0 Å². The minimum absolute atomic E-state index is 0.144. The largest absolute Gasteiger partial charge is 0.480 e. The molecule has 24 heavy (non-hydrogen) atoms. The summed E-state index contributed by atoms with van der Waals surface area (Å²) in [7, 11) is 1.68. The number of carboxylic acid groups (broad SMARTS) is 1. The third kappa shape index (κ3) is 4.08. The smallest absolute Gasteiger partial charge is 0.325 e. The van der Waals surface area contributed by atoms with Crippen LogP contribution in [-0.4, -0.2) is 44.8 Å². The Morgan fingerprint density at radius 3 is 2.79 bits per heavy atom. The average Bonchev–Trinajstić information content (AvgIpc) is 2.98. The van der Waals surface area contributed by atoms with Crippen LogP contribution in [0, 0.1) is 0 Å². The lowest BCUT2D eigenvalue weighted by Gasteiger charge is -2.24. The van der Waals surface area contributed by atoms with Crippen LogP contribution in [0.4, 0.5) is 0 Å². The van der Waals surface area contributed by atoms with E-state index in [4.69, 9.17) is 9.26 Å². The number of ether oxygens (including phenoxy) is 1. The third-order valence-corrected chi connectivity index (χ3v) is 3.44. The first-order valence-corrected chi connectivity index (χ1v) is 7.77. The summed E-state index contributed by atoms with van der Waals surface area (Å²) in [6.45, 7) is 6.35. The van der Waals surface area contributed by atoms with Crippen molar-refractivity contribution in [3.05, 3.63) is 35.6 Å². The number of likely N-dealkylation sites (N-methyl/N-ethyl adjacent to an activating group) is 1. The second kappa shape index (κ2) is 7.87. The van der Waals surface area contributed by atoms with Gasteiger partial charge < -0.3 is 14.4 Å². The maximum atomic E-state index is 11.8. The lowest BCUT2D eigenvalue weighted by Crippen LogP contribution is -2.31. The predicted octanol–water partition coefficient (Wildman–Crippen LogP) is 2.24. The Morgan fingerprint density at radius 2 is 2.21 bits per heavy atom. The number of aromatic nitrogens is 3. The van der Waals surface area contributed by atoms with Crippen molar-refractivity contribution in [1.82, 2.24) is 20.0 Å². The van der Waals surface area contributed by atoms with Crippen LogP contribution in [0.1, 0.15) is 50.0 Å². The van der Waals surface area contributed by atoms with Gasteiger partial charge in [0.15, 0.2) is 5.82 Å². The molecule has 130 valence electrons. The van der Waals surface area contributed by atoms with Crippen molar-refractivity contribution in [3.8, 4) is 5.88 Å². The first-order valence-electron chi connectivity index (χ1n) is 7.77. The highest BCUT2D eigenvalue weighted by molar-refractivity contribution is 5.76. The van der Waals surface area contributed by atoms with Gasteiger partial charge in [0.1, 0.15) is 6.04 Å². The topological polar surface area (TPSA) is 102 Å². The Hall–Kier alpha value is -2.48. The lowest BCUT2D eigenvalue weighted by molar-refractivity contribution is -0.143. The van der Waals surface area contributed by atoms with Gasteiger partial charge in [-0.05, 0) is 26.1 Å². The highest BCUT2D eigenvalue weighted by Gasteiger charge is 2.29. The van der Waals surface area contributed by atoms with Gasteiger partial charge >= 0.3 is 5.97 Å². The fourth-order valence-corrected chi connectivity index (χ4v) is 2.30. The summed E-state index contributed by atoms with van der Waals surface area (Å²) < 4.78 is 10.6. The maximum Gasteiger partial charge on any atom is 0.325 e. The average molecular weight is 334 g/mol. The highest BCUT2D eigenvalue weighted by atomic mass is 16.5. The van der Waals surface area contributed by atoms with Crippen molar-refractivity contribution in [3.63, 3.8) is 0 Å². The van der Waals surface area contributed by atoms with Gasteiger partial charge in [-0.25, -0.2) is 4.98 Å². The van der Waals surface area contributed by atoms with Gasteiger partial charge in [-0.15, -0.1) is 0 Å². The van der Waals surface area contributed by atoms with Gasteiger partial charge in [-0.3, -0.25) is 9.69 Å². The SMILES string of the molecule is CCOc1ncccc1[C@H](C(=O)O)N(C)Cc1nc(C(C)C)no1. The molecule has 0 unspecified atom stereocenters.